The van der Waals surface area contributed by atoms with E-state index in [9.17, 15) is 0 Å². The van der Waals surface area contributed by atoms with Crippen LogP contribution in [0.1, 0.15) is 11.5 Å². The van der Waals surface area contributed by atoms with E-state index in [-0.39, 0.29) is 0 Å². The van der Waals surface area contributed by atoms with Crippen molar-refractivity contribution < 1.29 is 9.47 Å². The van der Waals surface area contributed by atoms with E-state index in [1.54, 1.807) is 0 Å². The minimum atomic E-state index is 0.303. The zero-order chi connectivity index (χ0) is 12.4. The molecule has 0 aliphatic carbocycles. The van der Waals surface area contributed by atoms with Crippen LogP contribution in [-0.2, 0) is 0 Å². The van der Waals surface area contributed by atoms with Gasteiger partial charge in [-0.15, -0.1) is 0 Å². The van der Waals surface area contributed by atoms with Crippen molar-refractivity contribution in [3.05, 3.63) is 59.1 Å². The van der Waals surface area contributed by atoms with Crippen LogP contribution in [-0.4, -0.2) is 13.2 Å². The molecule has 1 atom stereocenters. The highest BCUT2D eigenvalue weighted by molar-refractivity contribution is 6.30. The summed E-state index contributed by atoms with van der Waals surface area (Å²) in [5.41, 5.74) is 1.23. The lowest BCUT2D eigenvalue weighted by molar-refractivity contribution is 0.248. The lowest BCUT2D eigenvalue weighted by Gasteiger charge is -2.11. The highest BCUT2D eigenvalue weighted by atomic mass is 35.5. The normalized spacial score (nSPS) is 17.1. The summed E-state index contributed by atoms with van der Waals surface area (Å²) in [6.45, 7) is 1.31. The molecule has 0 saturated carbocycles. The number of halogens is 1. The van der Waals surface area contributed by atoms with Gasteiger partial charge in [-0.25, -0.2) is 0 Å². The molecular weight excluding hydrogens is 248 g/mol. The van der Waals surface area contributed by atoms with Crippen LogP contribution in [0.5, 0.6) is 11.5 Å². The Hall–Kier alpha value is -1.67. The first-order chi connectivity index (χ1) is 8.83. The quantitative estimate of drug-likeness (QED) is 0.833. The number of hydrogen-bond donors (Lipinski definition) is 0. The van der Waals surface area contributed by atoms with Crippen LogP contribution in [0, 0.1) is 0 Å². The van der Waals surface area contributed by atoms with Gasteiger partial charge in [-0.1, -0.05) is 29.8 Å². The summed E-state index contributed by atoms with van der Waals surface area (Å²) < 4.78 is 11.4. The zero-order valence-electron chi connectivity index (χ0n) is 9.80. The molecule has 1 aliphatic heterocycles. The second-order valence-electron chi connectivity index (χ2n) is 4.31. The average molecular weight is 261 g/mol. The Morgan fingerprint density at radius 2 is 1.89 bits per heavy atom. The first-order valence-corrected chi connectivity index (χ1v) is 6.31. The number of fused-ring (bicyclic) bond motifs is 1. The van der Waals surface area contributed by atoms with E-state index < -0.39 is 0 Å². The number of rotatable bonds is 3. The first-order valence-electron chi connectivity index (χ1n) is 5.93. The lowest BCUT2D eigenvalue weighted by Crippen LogP contribution is -2.11. The van der Waals surface area contributed by atoms with E-state index in [1.807, 2.05) is 42.5 Å². The topological polar surface area (TPSA) is 18.5 Å². The first kappa shape index (κ1) is 11.4. The third-order valence-corrected chi connectivity index (χ3v) is 3.32. The molecular formula is C15H13ClO2. The van der Waals surface area contributed by atoms with E-state index in [4.69, 9.17) is 21.1 Å². The second kappa shape index (κ2) is 4.91. The Bertz CT molecular complexity index is 536. The third kappa shape index (κ3) is 2.29. The summed E-state index contributed by atoms with van der Waals surface area (Å²) in [6, 6.07) is 15.5. The smallest absolute Gasteiger partial charge is 0.123 e. The van der Waals surface area contributed by atoms with Gasteiger partial charge in [-0.3, -0.25) is 0 Å². The van der Waals surface area contributed by atoms with Crippen molar-refractivity contribution in [2.75, 3.05) is 13.2 Å². The van der Waals surface area contributed by atoms with Gasteiger partial charge in [-0.05, 0) is 30.3 Å². The maximum absolute atomic E-state index is 5.83. The molecule has 0 spiro atoms. The van der Waals surface area contributed by atoms with Crippen molar-refractivity contribution in [2.45, 2.75) is 5.92 Å². The van der Waals surface area contributed by atoms with Crippen LogP contribution >= 0.6 is 11.6 Å². The van der Waals surface area contributed by atoms with Crippen LogP contribution in [0.3, 0.4) is 0 Å². The maximum atomic E-state index is 5.83. The van der Waals surface area contributed by atoms with E-state index in [0.29, 0.717) is 19.1 Å². The fourth-order valence-corrected chi connectivity index (χ4v) is 2.22. The maximum Gasteiger partial charge on any atom is 0.123 e. The summed E-state index contributed by atoms with van der Waals surface area (Å²) in [7, 11) is 0. The Balaban J connectivity index is 1.67. The van der Waals surface area contributed by atoms with E-state index in [0.717, 1.165) is 16.5 Å². The van der Waals surface area contributed by atoms with Gasteiger partial charge in [0.25, 0.3) is 0 Å². The van der Waals surface area contributed by atoms with E-state index >= 15 is 0 Å². The van der Waals surface area contributed by atoms with Crippen LogP contribution in [0.2, 0.25) is 5.02 Å². The summed E-state index contributed by atoms with van der Waals surface area (Å²) in [5.74, 6) is 2.11. The predicted octanol–water partition coefficient (Wildman–Crippen LogP) is 3.90. The van der Waals surface area contributed by atoms with E-state index in [1.165, 1.54) is 5.56 Å². The van der Waals surface area contributed by atoms with Gasteiger partial charge >= 0.3 is 0 Å². The van der Waals surface area contributed by atoms with Gasteiger partial charge in [0, 0.05) is 10.6 Å². The molecule has 18 heavy (non-hydrogen) atoms. The third-order valence-electron chi connectivity index (χ3n) is 3.06. The molecule has 0 aromatic heterocycles. The van der Waals surface area contributed by atoms with Crippen molar-refractivity contribution in [3.8, 4) is 11.5 Å². The fraction of sp³-hybridized carbons (Fsp3) is 0.200. The molecule has 1 unspecified atom stereocenters. The van der Waals surface area contributed by atoms with Crippen molar-refractivity contribution in [1.82, 2.24) is 0 Å². The van der Waals surface area contributed by atoms with Crippen molar-refractivity contribution in [2.24, 2.45) is 0 Å². The summed E-state index contributed by atoms with van der Waals surface area (Å²) in [4.78, 5) is 0. The number of para-hydroxylation sites is 1. The Morgan fingerprint density at radius 3 is 2.72 bits per heavy atom. The van der Waals surface area contributed by atoms with Crippen molar-refractivity contribution >= 4 is 11.6 Å². The molecule has 3 heteroatoms. The molecule has 1 aliphatic rings. The Labute approximate surface area is 111 Å². The van der Waals surface area contributed by atoms with Gasteiger partial charge in [0.15, 0.2) is 0 Å². The Morgan fingerprint density at radius 1 is 1.11 bits per heavy atom. The minimum Gasteiger partial charge on any atom is -0.493 e. The lowest BCUT2D eigenvalue weighted by atomic mass is 10.0. The average Bonchev–Trinajstić information content (AvgIpc) is 2.82. The second-order valence-corrected chi connectivity index (χ2v) is 4.75. The zero-order valence-corrected chi connectivity index (χ0v) is 10.6. The molecule has 92 valence electrons. The summed E-state index contributed by atoms with van der Waals surface area (Å²) in [5, 5.41) is 0.719. The number of benzene rings is 2. The summed E-state index contributed by atoms with van der Waals surface area (Å²) in [6.07, 6.45) is 0. The molecule has 0 amide bonds. The molecule has 0 radical (unpaired) electrons. The van der Waals surface area contributed by atoms with Gasteiger partial charge in [-0.2, -0.15) is 0 Å². The molecule has 0 saturated heterocycles. The van der Waals surface area contributed by atoms with Gasteiger partial charge < -0.3 is 9.47 Å². The molecule has 2 aromatic carbocycles. The molecule has 3 rings (SSSR count). The Kier molecular flexibility index (Phi) is 3.11. The highest BCUT2D eigenvalue weighted by Crippen LogP contribution is 2.33. The standard InChI is InChI=1S/C15H13ClO2/c16-12-5-7-13(8-6-12)17-9-11-10-18-15-4-2-1-3-14(11)15/h1-8,11H,9-10H2. The SMILES string of the molecule is Clc1ccc(OCC2COc3ccccc32)cc1. The number of ether oxygens (including phenoxy) is 2. The minimum absolute atomic E-state index is 0.303. The van der Waals surface area contributed by atoms with Gasteiger partial charge in [0.05, 0.1) is 19.1 Å². The molecule has 2 nitrogen and oxygen atoms in total. The molecule has 0 bridgehead atoms. The monoisotopic (exact) mass is 260 g/mol. The number of hydrogen-bond acceptors (Lipinski definition) is 2. The summed E-state index contributed by atoms with van der Waals surface area (Å²) >= 11 is 5.83. The van der Waals surface area contributed by atoms with Gasteiger partial charge in [0.2, 0.25) is 0 Å². The van der Waals surface area contributed by atoms with Crippen LogP contribution in [0.15, 0.2) is 48.5 Å². The van der Waals surface area contributed by atoms with Crippen LogP contribution in [0.4, 0.5) is 0 Å². The van der Waals surface area contributed by atoms with E-state index in [2.05, 4.69) is 6.07 Å². The van der Waals surface area contributed by atoms with Gasteiger partial charge in [0.1, 0.15) is 11.5 Å². The van der Waals surface area contributed by atoms with Crippen LogP contribution in [0.25, 0.3) is 0 Å². The largest absolute Gasteiger partial charge is 0.493 e. The molecule has 0 N–H and O–H groups in total. The van der Waals surface area contributed by atoms with Crippen LogP contribution < -0.4 is 9.47 Å². The predicted molar refractivity (Wildman–Crippen MR) is 71.6 cm³/mol. The fourth-order valence-electron chi connectivity index (χ4n) is 2.09. The van der Waals surface area contributed by atoms with Crippen molar-refractivity contribution in [3.63, 3.8) is 0 Å². The molecule has 0 fully saturated rings. The van der Waals surface area contributed by atoms with Crippen molar-refractivity contribution in [1.29, 1.82) is 0 Å². The molecule has 1 heterocycles. The molecule has 2 aromatic rings. The highest BCUT2D eigenvalue weighted by Gasteiger charge is 2.23.